The Morgan fingerprint density at radius 2 is 1.57 bits per heavy atom. The number of unbranched alkanes of at least 4 members (excludes halogenated alkanes) is 3. The minimum absolute atomic E-state index is 0.162. The number of nitrogens with one attached hydrogen (secondary N) is 2. The van der Waals surface area contributed by atoms with Gasteiger partial charge in [0.2, 0.25) is 5.91 Å². The van der Waals surface area contributed by atoms with Crippen molar-refractivity contribution in [2.75, 3.05) is 6.54 Å². The van der Waals surface area contributed by atoms with E-state index in [2.05, 4.69) is 16.0 Å². The first-order chi connectivity index (χ1) is 20.9. The number of carbonyl (C=O) groups is 3. The number of hydrogen-bond donors (Lipinski definition) is 3. The summed E-state index contributed by atoms with van der Waals surface area (Å²) in [5.41, 5.74) is 9.37. The van der Waals surface area contributed by atoms with Crippen molar-refractivity contribution in [3.63, 3.8) is 0 Å². The average molecular weight is 606 g/mol. The van der Waals surface area contributed by atoms with Gasteiger partial charge < -0.3 is 29.6 Å². The topological polar surface area (TPSA) is 164 Å². The van der Waals surface area contributed by atoms with Crippen LogP contribution >= 0.6 is 0 Å². The summed E-state index contributed by atoms with van der Waals surface area (Å²) in [7, 11) is -0.420. The lowest BCUT2D eigenvalue weighted by atomic mass is 9.79. The predicted octanol–water partition coefficient (Wildman–Crippen LogP) is 4.03. The van der Waals surface area contributed by atoms with Gasteiger partial charge in [0.15, 0.2) is 11.5 Å². The summed E-state index contributed by atoms with van der Waals surface area (Å²) in [4.78, 5) is 40.7. The second kappa shape index (κ2) is 14.5. The maximum absolute atomic E-state index is 12.4. The smallest absolute Gasteiger partial charge is 0.411 e. The van der Waals surface area contributed by atoms with Crippen LogP contribution in [0.2, 0.25) is 0 Å². The van der Waals surface area contributed by atoms with E-state index in [1.807, 2.05) is 52.0 Å². The minimum Gasteiger partial charge on any atom is -0.411 e. The summed E-state index contributed by atoms with van der Waals surface area (Å²) in [6.45, 7) is 8.80. The van der Waals surface area contributed by atoms with Crippen molar-refractivity contribution in [2.45, 2.75) is 77.6 Å². The Kier molecular flexibility index (Phi) is 10.8. The molecule has 2 aromatic carbocycles. The Morgan fingerprint density at radius 1 is 0.909 bits per heavy atom. The van der Waals surface area contributed by atoms with E-state index >= 15 is 0 Å². The van der Waals surface area contributed by atoms with Gasteiger partial charge in [-0.15, -0.1) is 0 Å². The molecule has 13 heteroatoms. The molecule has 0 bridgehead atoms. The highest BCUT2D eigenvalue weighted by Crippen LogP contribution is 2.36. The lowest BCUT2D eigenvalue weighted by Crippen LogP contribution is -2.41. The number of amides is 3. The maximum Gasteiger partial charge on any atom is 0.494 e. The van der Waals surface area contributed by atoms with E-state index in [-0.39, 0.29) is 24.1 Å². The van der Waals surface area contributed by atoms with Crippen LogP contribution in [-0.4, -0.2) is 47.9 Å². The van der Waals surface area contributed by atoms with Crippen LogP contribution in [-0.2, 0) is 25.5 Å². The Hall–Kier alpha value is -4.20. The van der Waals surface area contributed by atoms with Crippen molar-refractivity contribution in [1.82, 2.24) is 16.0 Å². The van der Waals surface area contributed by atoms with Gasteiger partial charge >= 0.3 is 13.2 Å². The van der Waals surface area contributed by atoms with Crippen LogP contribution in [0.15, 0.2) is 59.1 Å². The summed E-state index contributed by atoms with van der Waals surface area (Å²) in [6.07, 6.45) is 2.62. The highest BCUT2D eigenvalue weighted by Gasteiger charge is 2.51. The van der Waals surface area contributed by atoms with Crippen LogP contribution in [0, 0.1) is 0 Å². The molecule has 0 atom stereocenters. The van der Waals surface area contributed by atoms with E-state index in [9.17, 15) is 14.4 Å². The zero-order valence-corrected chi connectivity index (χ0v) is 25.5. The molecule has 0 unspecified atom stereocenters. The summed E-state index contributed by atoms with van der Waals surface area (Å²) in [5.74, 6) is 0.181. The van der Waals surface area contributed by atoms with Gasteiger partial charge in [0.05, 0.1) is 17.8 Å². The van der Waals surface area contributed by atoms with Gasteiger partial charge in [0.25, 0.3) is 5.91 Å². The normalized spacial score (nSPS) is 15.1. The average Bonchev–Trinajstić information content (AvgIpc) is 3.55. The molecule has 1 fully saturated rings. The van der Waals surface area contributed by atoms with E-state index in [0.29, 0.717) is 36.5 Å². The number of hydrogen-bond acceptors (Lipinski definition) is 9. The molecule has 3 amide bonds. The summed E-state index contributed by atoms with van der Waals surface area (Å²) in [6, 6.07) is 15.7. The SMILES string of the molecule is CC1(C)OB(c2ccc(CONC(=O)CCCCCCNC(=O)c3cc(-c4ccc(OC(N)=O)cc4)on3)cc2)OC1(C)C. The zero-order valence-electron chi connectivity index (χ0n) is 25.5. The van der Waals surface area contributed by atoms with E-state index < -0.39 is 24.4 Å². The number of hydroxylamine groups is 1. The third-order valence-corrected chi connectivity index (χ3v) is 7.65. The van der Waals surface area contributed by atoms with Crippen LogP contribution in [0.1, 0.15) is 75.9 Å². The number of nitrogens with zero attached hydrogens (tertiary/aromatic N) is 1. The molecule has 234 valence electrons. The lowest BCUT2D eigenvalue weighted by molar-refractivity contribution is -0.134. The van der Waals surface area contributed by atoms with Crippen molar-refractivity contribution in [3.8, 4) is 17.1 Å². The van der Waals surface area contributed by atoms with Gasteiger partial charge in [-0.2, -0.15) is 0 Å². The highest BCUT2D eigenvalue weighted by molar-refractivity contribution is 6.62. The molecule has 44 heavy (non-hydrogen) atoms. The molecule has 1 saturated heterocycles. The van der Waals surface area contributed by atoms with Crippen molar-refractivity contribution < 1.29 is 37.8 Å². The summed E-state index contributed by atoms with van der Waals surface area (Å²) < 4.78 is 22.2. The van der Waals surface area contributed by atoms with Gasteiger partial charge in [-0.05, 0) is 75.8 Å². The van der Waals surface area contributed by atoms with Crippen LogP contribution in [0.4, 0.5) is 4.79 Å². The number of aromatic nitrogens is 1. The van der Waals surface area contributed by atoms with Crippen molar-refractivity contribution in [2.24, 2.45) is 5.73 Å². The molecule has 2 heterocycles. The van der Waals surface area contributed by atoms with Gasteiger partial charge in [-0.3, -0.25) is 14.4 Å². The predicted molar refractivity (Wildman–Crippen MR) is 163 cm³/mol. The molecule has 1 aromatic heterocycles. The molecule has 4 N–H and O–H groups in total. The third kappa shape index (κ3) is 8.91. The minimum atomic E-state index is -0.902. The monoisotopic (exact) mass is 606 g/mol. The van der Waals surface area contributed by atoms with Crippen LogP contribution in [0.25, 0.3) is 11.3 Å². The molecule has 12 nitrogen and oxygen atoms in total. The Morgan fingerprint density at radius 3 is 2.23 bits per heavy atom. The lowest BCUT2D eigenvalue weighted by Gasteiger charge is -2.32. The van der Waals surface area contributed by atoms with E-state index in [1.165, 1.54) is 6.07 Å². The fourth-order valence-electron chi connectivity index (χ4n) is 4.38. The fourth-order valence-corrected chi connectivity index (χ4v) is 4.38. The molecule has 0 aliphatic carbocycles. The Balaban J connectivity index is 1.05. The second-order valence-corrected chi connectivity index (χ2v) is 11.6. The first kappa shape index (κ1) is 32.7. The second-order valence-electron chi connectivity index (χ2n) is 11.6. The molecule has 3 aromatic rings. The largest absolute Gasteiger partial charge is 0.494 e. The van der Waals surface area contributed by atoms with E-state index in [4.69, 9.17) is 29.1 Å². The Bertz CT molecular complexity index is 1410. The summed E-state index contributed by atoms with van der Waals surface area (Å²) >= 11 is 0. The number of nitrogens with two attached hydrogens (primary N) is 1. The van der Waals surface area contributed by atoms with Gasteiger partial charge in [-0.1, -0.05) is 42.3 Å². The number of carbonyl (C=O) groups excluding carboxylic acids is 3. The standard InChI is InChI=1S/C31H39BN4O8/c1-30(2)31(3,4)44-32(43-30)23-14-10-21(11-15-23)20-40-36-27(37)9-7-5-6-8-18-34-28(38)25-19-26(42-35-25)22-12-16-24(17-13-22)41-29(33)39/h10-17,19H,5-9,18,20H2,1-4H3,(H2,33,39)(H,34,38)(H,36,37). The van der Waals surface area contributed by atoms with Crippen LogP contribution in [0.3, 0.4) is 0 Å². The van der Waals surface area contributed by atoms with Crippen LogP contribution < -0.4 is 26.7 Å². The fraction of sp³-hybridized carbons (Fsp3) is 0.419. The maximum atomic E-state index is 12.4. The van der Waals surface area contributed by atoms with Gasteiger partial charge in [0.1, 0.15) is 5.75 Å². The molecule has 1 aliphatic heterocycles. The third-order valence-electron chi connectivity index (χ3n) is 7.65. The number of ether oxygens (including phenoxy) is 1. The molecular weight excluding hydrogens is 567 g/mol. The van der Waals surface area contributed by atoms with Crippen molar-refractivity contribution >= 4 is 30.5 Å². The highest BCUT2D eigenvalue weighted by atomic mass is 16.7. The molecule has 1 aliphatic rings. The number of primary amides is 1. The molecule has 0 spiro atoms. The molecular formula is C31H39BN4O8. The zero-order chi connectivity index (χ0) is 31.7. The van der Waals surface area contributed by atoms with Crippen LogP contribution in [0.5, 0.6) is 5.75 Å². The molecule has 4 rings (SSSR count). The first-order valence-electron chi connectivity index (χ1n) is 14.6. The molecule has 0 saturated carbocycles. The quantitative estimate of drug-likeness (QED) is 0.140. The van der Waals surface area contributed by atoms with Gasteiger partial charge in [0, 0.05) is 24.6 Å². The summed E-state index contributed by atoms with van der Waals surface area (Å²) in [5, 5.41) is 6.64. The number of rotatable bonds is 14. The van der Waals surface area contributed by atoms with Crippen molar-refractivity contribution in [1.29, 1.82) is 0 Å². The van der Waals surface area contributed by atoms with E-state index in [0.717, 1.165) is 30.3 Å². The van der Waals surface area contributed by atoms with Crippen molar-refractivity contribution in [3.05, 3.63) is 65.9 Å². The van der Waals surface area contributed by atoms with Gasteiger partial charge in [-0.25, -0.2) is 10.3 Å². The first-order valence-corrected chi connectivity index (χ1v) is 14.6. The Labute approximate surface area is 257 Å². The number of benzene rings is 2. The molecule has 0 radical (unpaired) electrons. The van der Waals surface area contributed by atoms with E-state index in [1.54, 1.807) is 24.3 Å².